The van der Waals surface area contributed by atoms with Crippen LogP contribution in [0.15, 0.2) is 0 Å². The Morgan fingerprint density at radius 2 is 2.46 bits per heavy atom. The van der Waals surface area contributed by atoms with Gasteiger partial charge in [0.2, 0.25) is 5.91 Å². The first-order valence-electron chi connectivity index (χ1n) is 4.42. The van der Waals surface area contributed by atoms with Crippen LogP contribution in [0.2, 0.25) is 0 Å². The van der Waals surface area contributed by atoms with Gasteiger partial charge in [0.05, 0.1) is 12.7 Å². The lowest BCUT2D eigenvalue weighted by molar-refractivity contribution is -0.122. The molecular weight excluding hydrogens is 191 g/mol. The fraction of sp³-hybridized carbons (Fsp3) is 0.875. The van der Waals surface area contributed by atoms with Gasteiger partial charge in [-0.1, -0.05) is 0 Å². The van der Waals surface area contributed by atoms with Crippen LogP contribution in [0.3, 0.4) is 0 Å². The Balaban J connectivity index is 2.41. The number of alkyl halides is 1. The lowest BCUT2D eigenvalue weighted by atomic mass is 10.2. The number of rotatable bonds is 4. The Labute approximate surface area is 81.8 Å². The van der Waals surface area contributed by atoms with Crippen molar-refractivity contribution in [2.75, 3.05) is 31.3 Å². The van der Waals surface area contributed by atoms with E-state index in [9.17, 15) is 9.18 Å². The summed E-state index contributed by atoms with van der Waals surface area (Å²) in [5, 5.41) is 0. The highest BCUT2D eigenvalue weighted by atomic mass is 32.2. The molecule has 13 heavy (non-hydrogen) atoms. The lowest BCUT2D eigenvalue weighted by Gasteiger charge is -2.32. The van der Waals surface area contributed by atoms with E-state index < -0.39 is 0 Å². The van der Waals surface area contributed by atoms with Crippen LogP contribution in [0.4, 0.5) is 4.39 Å². The molecule has 1 aliphatic heterocycles. The van der Waals surface area contributed by atoms with E-state index in [1.165, 1.54) is 0 Å². The molecule has 1 saturated heterocycles. The number of hydrogen-bond acceptors (Lipinski definition) is 3. The summed E-state index contributed by atoms with van der Waals surface area (Å²) in [6, 6.07) is -0.190. The normalized spacial score (nSPS) is 24.5. The molecule has 0 bridgehead atoms. The minimum atomic E-state index is -0.324. The average Bonchev–Trinajstić information content (AvgIpc) is 2.15. The van der Waals surface area contributed by atoms with Gasteiger partial charge >= 0.3 is 0 Å². The largest absolute Gasteiger partial charge is 0.368 e. The standard InChI is InChI=1S/C8H15FN2OS/c9-2-1-3-11-4-5-13-6-7(11)8(10)12/h7H,1-6H2,(H2,10,12)/t7-/m1/s1. The second kappa shape index (κ2) is 5.44. The molecule has 0 radical (unpaired) electrons. The van der Waals surface area contributed by atoms with Gasteiger partial charge < -0.3 is 5.73 Å². The monoisotopic (exact) mass is 206 g/mol. The summed E-state index contributed by atoms with van der Waals surface area (Å²) in [6.07, 6.45) is 0.494. The number of hydrogen-bond donors (Lipinski definition) is 1. The van der Waals surface area contributed by atoms with Crippen LogP contribution in [0, 0.1) is 0 Å². The Hall–Kier alpha value is -0.290. The van der Waals surface area contributed by atoms with Crippen molar-refractivity contribution >= 4 is 17.7 Å². The van der Waals surface area contributed by atoms with E-state index in [1.807, 2.05) is 4.90 Å². The minimum Gasteiger partial charge on any atom is -0.368 e. The van der Waals surface area contributed by atoms with Crippen molar-refractivity contribution in [3.63, 3.8) is 0 Å². The van der Waals surface area contributed by atoms with Gasteiger partial charge in [0.25, 0.3) is 0 Å². The number of amides is 1. The van der Waals surface area contributed by atoms with Gasteiger partial charge in [0.1, 0.15) is 0 Å². The summed E-state index contributed by atoms with van der Waals surface area (Å²) in [5.41, 5.74) is 5.24. The van der Waals surface area contributed by atoms with Crippen molar-refractivity contribution in [2.24, 2.45) is 5.73 Å². The molecule has 0 aromatic rings. The van der Waals surface area contributed by atoms with Crippen LogP contribution in [0.5, 0.6) is 0 Å². The number of nitrogens with two attached hydrogens (primary N) is 1. The van der Waals surface area contributed by atoms with Crippen molar-refractivity contribution in [1.29, 1.82) is 0 Å². The van der Waals surface area contributed by atoms with E-state index in [0.717, 1.165) is 18.1 Å². The number of primary amides is 1. The molecule has 0 unspecified atom stereocenters. The van der Waals surface area contributed by atoms with E-state index >= 15 is 0 Å². The maximum Gasteiger partial charge on any atom is 0.235 e. The van der Waals surface area contributed by atoms with E-state index in [0.29, 0.717) is 13.0 Å². The average molecular weight is 206 g/mol. The summed E-state index contributed by atoms with van der Waals surface area (Å²) in [4.78, 5) is 13.0. The molecule has 3 nitrogen and oxygen atoms in total. The quantitative estimate of drug-likeness (QED) is 0.717. The van der Waals surface area contributed by atoms with Gasteiger partial charge in [-0.3, -0.25) is 14.1 Å². The molecule has 1 aliphatic rings. The second-order valence-electron chi connectivity index (χ2n) is 3.07. The predicted molar refractivity (Wildman–Crippen MR) is 52.5 cm³/mol. The highest BCUT2D eigenvalue weighted by Gasteiger charge is 2.26. The molecule has 0 spiro atoms. The molecular formula is C8H15FN2OS. The molecule has 0 aliphatic carbocycles. The van der Waals surface area contributed by atoms with Gasteiger partial charge in [0, 0.05) is 24.6 Å². The maximum atomic E-state index is 11.9. The molecule has 1 heterocycles. The first kappa shape index (κ1) is 10.8. The fourth-order valence-corrected chi connectivity index (χ4v) is 2.56. The zero-order valence-electron chi connectivity index (χ0n) is 7.54. The first-order chi connectivity index (χ1) is 6.25. The van der Waals surface area contributed by atoms with E-state index in [1.54, 1.807) is 11.8 Å². The minimum absolute atomic E-state index is 0.190. The van der Waals surface area contributed by atoms with Crippen LogP contribution >= 0.6 is 11.8 Å². The van der Waals surface area contributed by atoms with E-state index in [-0.39, 0.29) is 18.6 Å². The Bertz CT molecular complexity index is 180. The molecule has 5 heteroatoms. The number of carbonyl (C=O) groups excluding carboxylic acids is 1. The third-order valence-electron chi connectivity index (χ3n) is 2.15. The predicted octanol–water partition coefficient (Wildman–Crippen LogP) is 0.249. The second-order valence-corrected chi connectivity index (χ2v) is 4.22. The molecule has 1 rings (SSSR count). The SMILES string of the molecule is NC(=O)[C@H]1CSCCN1CCCF. The molecule has 1 fully saturated rings. The zero-order chi connectivity index (χ0) is 9.68. The number of halogens is 1. The van der Waals surface area contributed by atoms with Gasteiger partial charge in [-0.2, -0.15) is 11.8 Å². The van der Waals surface area contributed by atoms with Crippen LogP contribution in [-0.2, 0) is 4.79 Å². The van der Waals surface area contributed by atoms with E-state index in [4.69, 9.17) is 5.73 Å². The topological polar surface area (TPSA) is 46.3 Å². The van der Waals surface area contributed by atoms with Gasteiger partial charge in [-0.15, -0.1) is 0 Å². The number of thioether (sulfide) groups is 1. The first-order valence-corrected chi connectivity index (χ1v) is 5.58. The smallest absolute Gasteiger partial charge is 0.235 e. The number of carbonyl (C=O) groups is 1. The van der Waals surface area contributed by atoms with Gasteiger partial charge in [-0.25, -0.2) is 0 Å². The van der Waals surface area contributed by atoms with Crippen molar-refractivity contribution < 1.29 is 9.18 Å². The Kier molecular flexibility index (Phi) is 4.52. The Morgan fingerprint density at radius 1 is 1.69 bits per heavy atom. The molecule has 1 amide bonds. The van der Waals surface area contributed by atoms with Crippen molar-refractivity contribution in [3.8, 4) is 0 Å². The summed E-state index contributed by atoms with van der Waals surface area (Å²) in [7, 11) is 0. The summed E-state index contributed by atoms with van der Waals surface area (Å²) in [6.45, 7) is 1.16. The summed E-state index contributed by atoms with van der Waals surface area (Å²) in [5.74, 6) is 1.48. The van der Waals surface area contributed by atoms with Crippen molar-refractivity contribution in [3.05, 3.63) is 0 Å². The highest BCUT2D eigenvalue weighted by Crippen LogP contribution is 2.16. The molecule has 1 atom stereocenters. The van der Waals surface area contributed by atoms with Gasteiger partial charge in [-0.05, 0) is 6.42 Å². The third-order valence-corrected chi connectivity index (χ3v) is 3.17. The third kappa shape index (κ3) is 3.15. The van der Waals surface area contributed by atoms with Crippen LogP contribution in [-0.4, -0.2) is 48.1 Å². The molecule has 76 valence electrons. The summed E-state index contributed by atoms with van der Waals surface area (Å²) >= 11 is 1.73. The van der Waals surface area contributed by atoms with Crippen LogP contribution < -0.4 is 5.73 Å². The van der Waals surface area contributed by atoms with Crippen LogP contribution in [0.1, 0.15) is 6.42 Å². The highest BCUT2D eigenvalue weighted by molar-refractivity contribution is 7.99. The molecule has 0 aromatic carbocycles. The maximum absolute atomic E-state index is 11.9. The lowest BCUT2D eigenvalue weighted by Crippen LogP contribution is -2.50. The van der Waals surface area contributed by atoms with Gasteiger partial charge in [0.15, 0.2) is 0 Å². The molecule has 2 N–H and O–H groups in total. The molecule has 0 aromatic heterocycles. The van der Waals surface area contributed by atoms with Crippen molar-refractivity contribution in [2.45, 2.75) is 12.5 Å². The summed E-state index contributed by atoms with van der Waals surface area (Å²) < 4.78 is 11.9. The fourth-order valence-electron chi connectivity index (χ4n) is 1.43. The van der Waals surface area contributed by atoms with Crippen LogP contribution in [0.25, 0.3) is 0 Å². The number of nitrogens with zero attached hydrogens (tertiary/aromatic N) is 1. The molecule has 0 saturated carbocycles. The zero-order valence-corrected chi connectivity index (χ0v) is 8.36. The van der Waals surface area contributed by atoms with Crippen molar-refractivity contribution in [1.82, 2.24) is 4.90 Å². The van der Waals surface area contributed by atoms with E-state index in [2.05, 4.69) is 0 Å². The Morgan fingerprint density at radius 3 is 3.08 bits per heavy atom.